The topological polar surface area (TPSA) is 62.7 Å². The Balaban J connectivity index is 2.77. The van der Waals surface area contributed by atoms with Gasteiger partial charge >= 0.3 is 0 Å². The summed E-state index contributed by atoms with van der Waals surface area (Å²) in [6, 6.07) is 3.41. The highest BCUT2D eigenvalue weighted by Gasteiger charge is 2.18. The van der Waals surface area contributed by atoms with E-state index in [-0.39, 0.29) is 11.6 Å². The van der Waals surface area contributed by atoms with Gasteiger partial charge in [-0.1, -0.05) is 12.7 Å². The van der Waals surface area contributed by atoms with Crippen molar-refractivity contribution in [1.82, 2.24) is 9.88 Å². The third kappa shape index (κ3) is 4.71. The van der Waals surface area contributed by atoms with Crippen molar-refractivity contribution in [3.05, 3.63) is 36.7 Å². The lowest BCUT2D eigenvalue weighted by Gasteiger charge is -2.18. The lowest BCUT2D eigenvalue weighted by atomic mass is 10.2. The third-order valence-corrected chi connectivity index (χ3v) is 2.56. The smallest absolute Gasteiger partial charge is 0.276 e. The minimum absolute atomic E-state index is 0.222. The van der Waals surface area contributed by atoms with Crippen LogP contribution in [0.4, 0.5) is 0 Å². The Morgan fingerprint density at radius 3 is 3.05 bits per heavy atom. The van der Waals surface area contributed by atoms with Crippen molar-refractivity contribution < 1.29 is 14.6 Å². The molecule has 1 heterocycles. The van der Waals surface area contributed by atoms with Crippen molar-refractivity contribution >= 4 is 5.91 Å². The van der Waals surface area contributed by atoms with E-state index in [1.807, 2.05) is 0 Å². The van der Waals surface area contributed by atoms with E-state index in [1.165, 1.54) is 4.90 Å². The van der Waals surface area contributed by atoms with Crippen LogP contribution < -0.4 is 4.74 Å². The van der Waals surface area contributed by atoms with Crippen molar-refractivity contribution in [3.8, 4) is 5.75 Å². The molecule has 19 heavy (non-hydrogen) atoms. The Hall–Kier alpha value is -1.88. The zero-order chi connectivity index (χ0) is 14.3. The molecule has 0 saturated heterocycles. The lowest BCUT2D eigenvalue weighted by Crippen LogP contribution is -2.30. The largest absolute Gasteiger partial charge is 0.487 e. The number of hydrogen-bond donors (Lipinski definition) is 1. The van der Waals surface area contributed by atoms with Gasteiger partial charge in [-0.15, -0.1) is 0 Å². The maximum atomic E-state index is 12.2. The Labute approximate surface area is 113 Å². The fourth-order valence-corrected chi connectivity index (χ4v) is 1.48. The maximum absolute atomic E-state index is 12.2. The van der Waals surface area contributed by atoms with Crippen molar-refractivity contribution in [1.29, 1.82) is 0 Å². The number of aliphatic hydroxyl groups excluding tert-OH is 1. The molecular weight excluding hydrogens is 244 g/mol. The molecule has 5 nitrogen and oxygen atoms in total. The zero-order valence-electron chi connectivity index (χ0n) is 11.4. The van der Waals surface area contributed by atoms with E-state index in [0.29, 0.717) is 25.3 Å². The van der Waals surface area contributed by atoms with Gasteiger partial charge in [0.1, 0.15) is 6.61 Å². The summed E-state index contributed by atoms with van der Waals surface area (Å²) in [6.45, 7) is 6.05. The van der Waals surface area contributed by atoms with Gasteiger partial charge in [-0.3, -0.25) is 4.79 Å². The van der Waals surface area contributed by atoms with Crippen LogP contribution in [-0.4, -0.2) is 47.2 Å². The number of amides is 1. The predicted octanol–water partition coefficient (Wildman–Crippen LogP) is 1.49. The highest BCUT2D eigenvalue weighted by Crippen LogP contribution is 2.17. The first-order chi connectivity index (χ1) is 9.06. The standard InChI is InChI=1S/C14H20N2O3/c1-4-10-19-12-6-5-8-15-13(12)14(18)16(3)9-7-11(2)17/h4-6,8,11,17H,1,7,9-10H2,2-3H3. The number of carbonyl (C=O) groups is 1. The van der Waals surface area contributed by atoms with Crippen LogP contribution in [0.3, 0.4) is 0 Å². The molecule has 0 bridgehead atoms. The summed E-state index contributed by atoms with van der Waals surface area (Å²) < 4.78 is 5.41. The van der Waals surface area contributed by atoms with Gasteiger partial charge in [0, 0.05) is 19.8 Å². The van der Waals surface area contributed by atoms with Gasteiger partial charge in [-0.2, -0.15) is 0 Å². The molecule has 1 amide bonds. The molecule has 0 radical (unpaired) electrons. The van der Waals surface area contributed by atoms with Crippen LogP contribution in [0.15, 0.2) is 31.0 Å². The van der Waals surface area contributed by atoms with Crippen molar-refractivity contribution in [2.45, 2.75) is 19.4 Å². The summed E-state index contributed by atoms with van der Waals surface area (Å²) in [6.07, 6.45) is 3.25. The summed E-state index contributed by atoms with van der Waals surface area (Å²) in [7, 11) is 1.68. The van der Waals surface area contributed by atoms with Crippen LogP contribution in [0.2, 0.25) is 0 Å². The minimum atomic E-state index is -0.435. The molecule has 5 heteroatoms. The average molecular weight is 264 g/mol. The fourth-order valence-electron chi connectivity index (χ4n) is 1.48. The normalized spacial score (nSPS) is 11.7. The second-order valence-electron chi connectivity index (χ2n) is 4.31. The Morgan fingerprint density at radius 1 is 1.68 bits per heavy atom. The molecule has 1 unspecified atom stereocenters. The summed E-state index contributed by atoms with van der Waals surface area (Å²) in [5.74, 6) is 0.219. The summed E-state index contributed by atoms with van der Waals surface area (Å²) in [5.41, 5.74) is 0.275. The Bertz CT molecular complexity index is 432. The molecule has 0 fully saturated rings. The van der Waals surface area contributed by atoms with Crippen LogP contribution in [0.25, 0.3) is 0 Å². The third-order valence-electron chi connectivity index (χ3n) is 2.56. The second-order valence-corrected chi connectivity index (χ2v) is 4.31. The van der Waals surface area contributed by atoms with Gasteiger partial charge in [0.2, 0.25) is 0 Å². The fraction of sp³-hybridized carbons (Fsp3) is 0.429. The highest BCUT2D eigenvalue weighted by molar-refractivity contribution is 5.94. The molecule has 104 valence electrons. The Morgan fingerprint density at radius 2 is 2.42 bits per heavy atom. The molecule has 0 aliphatic heterocycles. The number of carbonyl (C=O) groups excluding carboxylic acids is 1. The van der Waals surface area contributed by atoms with E-state index in [9.17, 15) is 9.90 Å². The van der Waals surface area contributed by atoms with Gasteiger partial charge < -0.3 is 14.7 Å². The van der Waals surface area contributed by atoms with Crippen LogP contribution in [0.5, 0.6) is 5.75 Å². The number of ether oxygens (including phenoxy) is 1. The molecule has 1 rings (SSSR count). The first-order valence-corrected chi connectivity index (χ1v) is 6.18. The van der Waals surface area contributed by atoms with E-state index < -0.39 is 6.10 Å². The lowest BCUT2D eigenvalue weighted by molar-refractivity contribution is 0.0759. The number of pyridine rings is 1. The number of hydrogen-bond acceptors (Lipinski definition) is 4. The number of aromatic nitrogens is 1. The van der Waals surface area contributed by atoms with Crippen molar-refractivity contribution in [3.63, 3.8) is 0 Å². The zero-order valence-corrected chi connectivity index (χ0v) is 11.4. The van der Waals surface area contributed by atoms with Gasteiger partial charge in [0.15, 0.2) is 11.4 Å². The molecule has 0 spiro atoms. The van der Waals surface area contributed by atoms with E-state index in [1.54, 1.807) is 38.4 Å². The van der Waals surface area contributed by atoms with E-state index >= 15 is 0 Å². The molecule has 1 atom stereocenters. The molecule has 1 aromatic heterocycles. The quantitative estimate of drug-likeness (QED) is 0.758. The van der Waals surface area contributed by atoms with E-state index in [2.05, 4.69) is 11.6 Å². The number of rotatable bonds is 7. The molecule has 0 aliphatic rings. The number of aliphatic hydroxyl groups is 1. The minimum Gasteiger partial charge on any atom is -0.487 e. The van der Waals surface area contributed by atoms with Crippen LogP contribution >= 0.6 is 0 Å². The highest BCUT2D eigenvalue weighted by atomic mass is 16.5. The SMILES string of the molecule is C=CCOc1cccnc1C(=O)N(C)CCC(C)O. The van der Waals surface area contributed by atoms with Crippen LogP contribution in [-0.2, 0) is 0 Å². The van der Waals surface area contributed by atoms with Gasteiger partial charge in [0.05, 0.1) is 6.10 Å². The Kier molecular flexibility index (Phi) is 6.02. The average Bonchev–Trinajstić information content (AvgIpc) is 2.42. The van der Waals surface area contributed by atoms with E-state index in [0.717, 1.165) is 0 Å². The van der Waals surface area contributed by atoms with E-state index in [4.69, 9.17) is 4.74 Å². The van der Waals surface area contributed by atoms with Crippen molar-refractivity contribution in [2.75, 3.05) is 20.2 Å². The van der Waals surface area contributed by atoms with Crippen molar-refractivity contribution in [2.24, 2.45) is 0 Å². The van der Waals surface area contributed by atoms with Crippen LogP contribution in [0, 0.1) is 0 Å². The maximum Gasteiger partial charge on any atom is 0.276 e. The van der Waals surface area contributed by atoms with Gasteiger partial charge in [-0.05, 0) is 25.5 Å². The molecule has 1 N–H and O–H groups in total. The number of nitrogens with zero attached hydrogens (tertiary/aromatic N) is 2. The summed E-state index contributed by atoms with van der Waals surface area (Å²) in [4.78, 5) is 17.8. The van der Waals surface area contributed by atoms with Gasteiger partial charge in [-0.25, -0.2) is 4.98 Å². The molecule has 0 saturated carbocycles. The monoisotopic (exact) mass is 264 g/mol. The van der Waals surface area contributed by atoms with Gasteiger partial charge in [0.25, 0.3) is 5.91 Å². The first-order valence-electron chi connectivity index (χ1n) is 6.18. The van der Waals surface area contributed by atoms with Crippen LogP contribution in [0.1, 0.15) is 23.8 Å². The second kappa shape index (κ2) is 7.53. The molecule has 0 aliphatic carbocycles. The summed E-state index contributed by atoms with van der Waals surface area (Å²) in [5, 5.41) is 9.23. The summed E-state index contributed by atoms with van der Waals surface area (Å²) >= 11 is 0. The molecular formula is C14H20N2O3. The first kappa shape index (κ1) is 15.2. The molecule has 1 aromatic rings. The predicted molar refractivity (Wildman–Crippen MR) is 73.2 cm³/mol. The molecule has 0 aromatic carbocycles.